The lowest BCUT2D eigenvalue weighted by Crippen LogP contribution is -2.33. The molecule has 2 heterocycles. The SMILES string of the molecule is COc1ccc2[nH]c(C)c(C3CNCCO3)c2c1. The molecule has 0 amide bonds. The van der Waals surface area contributed by atoms with Gasteiger partial charge in [0.05, 0.1) is 19.8 Å². The number of aromatic nitrogens is 1. The van der Waals surface area contributed by atoms with Crippen LogP contribution in [-0.4, -0.2) is 31.8 Å². The lowest BCUT2D eigenvalue weighted by atomic mass is 10.0. The Labute approximate surface area is 106 Å². The average Bonchev–Trinajstić information content (AvgIpc) is 2.74. The van der Waals surface area contributed by atoms with Crippen LogP contribution in [-0.2, 0) is 4.74 Å². The highest BCUT2D eigenvalue weighted by molar-refractivity contribution is 5.86. The molecule has 1 unspecified atom stereocenters. The van der Waals surface area contributed by atoms with Gasteiger partial charge in [0.1, 0.15) is 5.75 Å². The number of H-pyrrole nitrogens is 1. The van der Waals surface area contributed by atoms with E-state index >= 15 is 0 Å². The van der Waals surface area contributed by atoms with Gasteiger partial charge in [0.25, 0.3) is 0 Å². The molecular weight excluding hydrogens is 228 g/mol. The number of morpholine rings is 1. The maximum atomic E-state index is 5.86. The monoisotopic (exact) mass is 246 g/mol. The number of nitrogens with one attached hydrogen (secondary N) is 2. The molecule has 0 bridgehead atoms. The molecule has 1 saturated heterocycles. The summed E-state index contributed by atoms with van der Waals surface area (Å²) in [5.41, 5.74) is 3.56. The van der Waals surface area contributed by atoms with Crippen LogP contribution in [0.3, 0.4) is 0 Å². The molecule has 0 saturated carbocycles. The highest BCUT2D eigenvalue weighted by Gasteiger charge is 2.21. The molecular formula is C14H18N2O2. The van der Waals surface area contributed by atoms with Gasteiger partial charge in [0.2, 0.25) is 0 Å². The second-order valence-corrected chi connectivity index (χ2v) is 4.64. The van der Waals surface area contributed by atoms with Crippen LogP contribution >= 0.6 is 0 Å². The molecule has 1 aliphatic rings. The summed E-state index contributed by atoms with van der Waals surface area (Å²) in [5.74, 6) is 0.881. The van der Waals surface area contributed by atoms with Crippen molar-refractivity contribution in [2.75, 3.05) is 26.8 Å². The third kappa shape index (κ3) is 1.87. The zero-order chi connectivity index (χ0) is 12.5. The number of aryl methyl sites for hydroxylation is 1. The maximum absolute atomic E-state index is 5.86. The summed E-state index contributed by atoms with van der Waals surface area (Å²) in [6, 6.07) is 6.11. The molecule has 1 fully saturated rings. The molecule has 0 spiro atoms. The predicted molar refractivity (Wildman–Crippen MR) is 71.2 cm³/mol. The highest BCUT2D eigenvalue weighted by Crippen LogP contribution is 2.32. The first-order valence-electron chi connectivity index (χ1n) is 6.28. The van der Waals surface area contributed by atoms with E-state index in [0.717, 1.165) is 31.0 Å². The van der Waals surface area contributed by atoms with Crippen LogP contribution in [0.5, 0.6) is 5.75 Å². The van der Waals surface area contributed by atoms with Crippen LogP contribution in [0, 0.1) is 6.92 Å². The minimum atomic E-state index is 0.125. The predicted octanol–water partition coefficient (Wildman–Crippen LogP) is 2.15. The van der Waals surface area contributed by atoms with Crippen LogP contribution in [0.4, 0.5) is 0 Å². The molecule has 1 atom stereocenters. The fraction of sp³-hybridized carbons (Fsp3) is 0.429. The van der Waals surface area contributed by atoms with Crippen molar-refractivity contribution >= 4 is 10.9 Å². The molecule has 4 heteroatoms. The van der Waals surface area contributed by atoms with E-state index in [1.165, 1.54) is 16.6 Å². The molecule has 2 aromatic rings. The van der Waals surface area contributed by atoms with Crippen LogP contribution in [0.1, 0.15) is 17.4 Å². The number of ether oxygens (including phenoxy) is 2. The number of methoxy groups -OCH3 is 1. The van der Waals surface area contributed by atoms with E-state index in [2.05, 4.69) is 29.4 Å². The van der Waals surface area contributed by atoms with E-state index in [1.54, 1.807) is 7.11 Å². The third-order valence-electron chi connectivity index (χ3n) is 3.49. The summed E-state index contributed by atoms with van der Waals surface area (Å²) < 4.78 is 11.2. The Kier molecular flexibility index (Phi) is 2.97. The van der Waals surface area contributed by atoms with Crippen molar-refractivity contribution in [3.05, 3.63) is 29.5 Å². The van der Waals surface area contributed by atoms with Crippen LogP contribution in [0.15, 0.2) is 18.2 Å². The van der Waals surface area contributed by atoms with E-state index in [9.17, 15) is 0 Å². The first-order chi connectivity index (χ1) is 8.79. The Balaban J connectivity index is 2.10. The van der Waals surface area contributed by atoms with Gasteiger partial charge in [0, 0.05) is 35.2 Å². The molecule has 1 aromatic heterocycles. The average molecular weight is 246 g/mol. The fourth-order valence-electron chi connectivity index (χ4n) is 2.62. The van der Waals surface area contributed by atoms with E-state index in [-0.39, 0.29) is 6.10 Å². The quantitative estimate of drug-likeness (QED) is 0.853. The summed E-state index contributed by atoms with van der Waals surface area (Å²) in [7, 11) is 1.69. The van der Waals surface area contributed by atoms with E-state index in [4.69, 9.17) is 9.47 Å². The molecule has 96 valence electrons. The normalized spacial score (nSPS) is 20.2. The van der Waals surface area contributed by atoms with Gasteiger partial charge in [-0.15, -0.1) is 0 Å². The van der Waals surface area contributed by atoms with Crippen molar-refractivity contribution < 1.29 is 9.47 Å². The Morgan fingerprint density at radius 3 is 3.00 bits per heavy atom. The van der Waals surface area contributed by atoms with Crippen LogP contribution < -0.4 is 10.1 Å². The van der Waals surface area contributed by atoms with Gasteiger partial charge in [-0.05, 0) is 25.1 Å². The summed E-state index contributed by atoms with van der Waals surface area (Å²) in [6.07, 6.45) is 0.125. The molecule has 1 aromatic carbocycles. The van der Waals surface area contributed by atoms with Gasteiger partial charge in [-0.1, -0.05) is 0 Å². The number of hydrogen-bond acceptors (Lipinski definition) is 3. The number of rotatable bonds is 2. The number of fused-ring (bicyclic) bond motifs is 1. The first kappa shape index (κ1) is 11.6. The zero-order valence-electron chi connectivity index (χ0n) is 10.7. The second kappa shape index (κ2) is 4.63. The van der Waals surface area contributed by atoms with Crippen LogP contribution in [0.25, 0.3) is 10.9 Å². The largest absolute Gasteiger partial charge is 0.497 e. The minimum Gasteiger partial charge on any atom is -0.497 e. The molecule has 1 aliphatic heterocycles. The van der Waals surface area contributed by atoms with Crippen molar-refractivity contribution in [1.29, 1.82) is 0 Å². The van der Waals surface area contributed by atoms with Gasteiger partial charge in [0.15, 0.2) is 0 Å². The van der Waals surface area contributed by atoms with Crippen LogP contribution in [0.2, 0.25) is 0 Å². The second-order valence-electron chi connectivity index (χ2n) is 4.64. The number of hydrogen-bond donors (Lipinski definition) is 2. The van der Waals surface area contributed by atoms with E-state index < -0.39 is 0 Å². The first-order valence-corrected chi connectivity index (χ1v) is 6.28. The van der Waals surface area contributed by atoms with Crippen molar-refractivity contribution in [2.24, 2.45) is 0 Å². The van der Waals surface area contributed by atoms with Gasteiger partial charge in [-0.3, -0.25) is 0 Å². The summed E-state index contributed by atoms with van der Waals surface area (Å²) >= 11 is 0. The lowest BCUT2D eigenvalue weighted by Gasteiger charge is -2.24. The molecule has 0 radical (unpaired) electrons. The summed E-state index contributed by atoms with van der Waals surface area (Å²) in [4.78, 5) is 3.41. The van der Waals surface area contributed by atoms with Crippen molar-refractivity contribution in [1.82, 2.24) is 10.3 Å². The Hall–Kier alpha value is -1.52. The minimum absolute atomic E-state index is 0.125. The third-order valence-corrected chi connectivity index (χ3v) is 3.49. The lowest BCUT2D eigenvalue weighted by molar-refractivity contribution is 0.0282. The Bertz CT molecular complexity index is 556. The van der Waals surface area contributed by atoms with E-state index in [1.807, 2.05) is 6.07 Å². The standard InChI is InChI=1S/C14H18N2O2/c1-9-14(13-8-15-5-6-18-13)11-7-10(17-2)3-4-12(11)16-9/h3-4,7,13,15-16H,5-6,8H2,1-2H3. The van der Waals surface area contributed by atoms with Crippen molar-refractivity contribution in [3.63, 3.8) is 0 Å². The smallest absolute Gasteiger partial charge is 0.119 e. The molecule has 18 heavy (non-hydrogen) atoms. The summed E-state index contributed by atoms with van der Waals surface area (Å²) in [5, 5.41) is 4.57. The van der Waals surface area contributed by atoms with Gasteiger partial charge in [-0.25, -0.2) is 0 Å². The molecule has 4 nitrogen and oxygen atoms in total. The van der Waals surface area contributed by atoms with E-state index in [0.29, 0.717) is 0 Å². The Morgan fingerprint density at radius 1 is 1.39 bits per heavy atom. The van der Waals surface area contributed by atoms with Crippen molar-refractivity contribution in [2.45, 2.75) is 13.0 Å². The molecule has 2 N–H and O–H groups in total. The topological polar surface area (TPSA) is 46.3 Å². The Morgan fingerprint density at radius 2 is 2.28 bits per heavy atom. The zero-order valence-corrected chi connectivity index (χ0v) is 10.7. The number of benzene rings is 1. The van der Waals surface area contributed by atoms with Gasteiger partial charge >= 0.3 is 0 Å². The van der Waals surface area contributed by atoms with Gasteiger partial charge in [-0.2, -0.15) is 0 Å². The molecule has 0 aliphatic carbocycles. The fourth-order valence-corrected chi connectivity index (χ4v) is 2.62. The molecule has 3 rings (SSSR count). The van der Waals surface area contributed by atoms with Gasteiger partial charge < -0.3 is 19.8 Å². The maximum Gasteiger partial charge on any atom is 0.119 e. The van der Waals surface area contributed by atoms with Crippen molar-refractivity contribution in [3.8, 4) is 5.75 Å². The number of aromatic amines is 1. The summed E-state index contributed by atoms with van der Waals surface area (Å²) in [6.45, 7) is 4.66. The highest BCUT2D eigenvalue weighted by atomic mass is 16.5.